The predicted octanol–water partition coefficient (Wildman–Crippen LogP) is -0.655. The Balaban J connectivity index is 2.51. The summed E-state index contributed by atoms with van der Waals surface area (Å²) in [5.41, 5.74) is -0.167. The van der Waals surface area contributed by atoms with Crippen molar-refractivity contribution in [3.63, 3.8) is 0 Å². The van der Waals surface area contributed by atoms with E-state index in [-0.39, 0.29) is 24.6 Å². The maximum Gasteiger partial charge on any atom is 0.250 e. The van der Waals surface area contributed by atoms with Crippen LogP contribution in [0.15, 0.2) is 29.2 Å². The molecule has 15 heavy (non-hydrogen) atoms. The molecule has 5 heteroatoms. The van der Waals surface area contributed by atoms with Crippen molar-refractivity contribution in [1.82, 2.24) is 9.88 Å². The van der Waals surface area contributed by atoms with Crippen LogP contribution in [0.25, 0.3) is 0 Å². The van der Waals surface area contributed by atoms with E-state index in [9.17, 15) is 14.7 Å². The van der Waals surface area contributed by atoms with E-state index in [2.05, 4.69) is 5.32 Å². The molecule has 0 saturated heterocycles. The fourth-order valence-corrected chi connectivity index (χ4v) is 1.16. The average molecular weight is 210 g/mol. The Morgan fingerprint density at radius 2 is 2.33 bits per heavy atom. The van der Waals surface area contributed by atoms with E-state index in [1.165, 1.54) is 17.6 Å². The molecule has 1 heterocycles. The summed E-state index contributed by atoms with van der Waals surface area (Å²) in [6, 6.07) is 4.77. The second-order valence-corrected chi connectivity index (χ2v) is 3.28. The van der Waals surface area contributed by atoms with Crippen molar-refractivity contribution in [3.8, 4) is 0 Å². The molecule has 0 aliphatic carbocycles. The molecule has 1 unspecified atom stereocenters. The number of rotatable bonds is 4. The highest BCUT2D eigenvalue weighted by atomic mass is 16.3. The van der Waals surface area contributed by atoms with Gasteiger partial charge in [0, 0.05) is 25.7 Å². The molecule has 0 aliphatic heterocycles. The number of carbonyl (C=O) groups is 1. The molecular formula is C10H14N2O3. The summed E-state index contributed by atoms with van der Waals surface area (Å²) in [7, 11) is 0. The summed E-state index contributed by atoms with van der Waals surface area (Å²) in [5.74, 6) is -0.200. The second kappa shape index (κ2) is 5.31. The van der Waals surface area contributed by atoms with Crippen LogP contribution in [0.1, 0.15) is 6.92 Å². The number of aliphatic hydroxyl groups excluding tert-OH is 1. The lowest BCUT2D eigenvalue weighted by molar-refractivity contribution is -0.119. The van der Waals surface area contributed by atoms with Gasteiger partial charge in [0.25, 0.3) is 5.56 Å². The van der Waals surface area contributed by atoms with Gasteiger partial charge in [-0.2, -0.15) is 0 Å². The maximum absolute atomic E-state index is 11.3. The van der Waals surface area contributed by atoms with Gasteiger partial charge in [0.15, 0.2) is 0 Å². The third-order valence-corrected chi connectivity index (χ3v) is 1.89. The number of carbonyl (C=O) groups excluding carboxylic acids is 1. The zero-order chi connectivity index (χ0) is 11.3. The molecule has 0 bridgehead atoms. The number of amides is 1. The van der Waals surface area contributed by atoms with Gasteiger partial charge in [0.05, 0.1) is 12.6 Å². The van der Waals surface area contributed by atoms with Gasteiger partial charge in [-0.3, -0.25) is 9.59 Å². The Bertz CT molecular complexity index is 386. The monoisotopic (exact) mass is 210 g/mol. The molecule has 0 spiro atoms. The standard InChI is InChI=1S/C10H14N2O3/c1-8(13)11-6-9(14)7-12-5-3-2-4-10(12)15/h2-5,9,14H,6-7H2,1H3,(H,11,13). The van der Waals surface area contributed by atoms with Crippen LogP contribution < -0.4 is 10.9 Å². The molecule has 0 aliphatic rings. The van der Waals surface area contributed by atoms with Crippen LogP contribution in [-0.2, 0) is 11.3 Å². The Kier molecular flexibility index (Phi) is 4.05. The summed E-state index contributed by atoms with van der Waals surface area (Å²) in [6.45, 7) is 1.71. The van der Waals surface area contributed by atoms with Crippen LogP contribution in [0.3, 0.4) is 0 Å². The van der Waals surface area contributed by atoms with Crippen molar-refractivity contribution in [3.05, 3.63) is 34.7 Å². The molecule has 0 radical (unpaired) electrons. The topological polar surface area (TPSA) is 71.3 Å². The van der Waals surface area contributed by atoms with Gasteiger partial charge < -0.3 is 15.0 Å². The summed E-state index contributed by atoms with van der Waals surface area (Å²) in [4.78, 5) is 21.8. The van der Waals surface area contributed by atoms with Crippen LogP contribution in [0.5, 0.6) is 0 Å². The zero-order valence-corrected chi connectivity index (χ0v) is 8.51. The van der Waals surface area contributed by atoms with Crippen molar-refractivity contribution >= 4 is 5.91 Å². The lowest BCUT2D eigenvalue weighted by Gasteiger charge is -2.12. The first kappa shape index (κ1) is 11.5. The van der Waals surface area contributed by atoms with Gasteiger partial charge in [0.2, 0.25) is 5.91 Å². The number of hydrogen-bond acceptors (Lipinski definition) is 3. The Morgan fingerprint density at radius 1 is 1.60 bits per heavy atom. The molecule has 0 aromatic carbocycles. The number of aromatic nitrogens is 1. The van der Waals surface area contributed by atoms with Crippen LogP contribution >= 0.6 is 0 Å². The van der Waals surface area contributed by atoms with E-state index >= 15 is 0 Å². The second-order valence-electron chi connectivity index (χ2n) is 3.28. The van der Waals surface area contributed by atoms with Crippen molar-refractivity contribution in [1.29, 1.82) is 0 Å². The minimum Gasteiger partial charge on any atom is -0.389 e. The number of nitrogens with zero attached hydrogens (tertiary/aromatic N) is 1. The molecule has 1 aromatic heterocycles. The summed E-state index contributed by atoms with van der Waals surface area (Å²) in [5, 5.41) is 12.0. The van der Waals surface area contributed by atoms with Gasteiger partial charge in [-0.15, -0.1) is 0 Å². The molecule has 1 atom stereocenters. The average Bonchev–Trinajstić information content (AvgIpc) is 2.18. The van der Waals surface area contributed by atoms with Crippen molar-refractivity contribution in [2.75, 3.05) is 6.54 Å². The van der Waals surface area contributed by atoms with Crippen molar-refractivity contribution in [2.45, 2.75) is 19.6 Å². The van der Waals surface area contributed by atoms with Crippen molar-refractivity contribution < 1.29 is 9.90 Å². The number of hydrogen-bond donors (Lipinski definition) is 2. The summed E-state index contributed by atoms with van der Waals surface area (Å²) in [6.07, 6.45) is 0.841. The molecule has 1 aromatic rings. The van der Waals surface area contributed by atoms with Crippen LogP contribution in [-0.4, -0.2) is 28.2 Å². The van der Waals surface area contributed by atoms with Crippen LogP contribution in [0.4, 0.5) is 0 Å². The highest BCUT2D eigenvalue weighted by Crippen LogP contribution is 1.88. The van der Waals surface area contributed by atoms with Crippen LogP contribution in [0.2, 0.25) is 0 Å². The Morgan fingerprint density at radius 3 is 2.93 bits per heavy atom. The first-order valence-corrected chi connectivity index (χ1v) is 4.67. The molecule has 5 nitrogen and oxygen atoms in total. The third-order valence-electron chi connectivity index (χ3n) is 1.89. The number of aliphatic hydroxyl groups is 1. The van der Waals surface area contributed by atoms with E-state index in [1.807, 2.05) is 0 Å². The molecule has 2 N–H and O–H groups in total. The van der Waals surface area contributed by atoms with Gasteiger partial charge in [0.1, 0.15) is 0 Å². The Hall–Kier alpha value is -1.62. The van der Waals surface area contributed by atoms with E-state index in [0.29, 0.717) is 0 Å². The third kappa shape index (κ3) is 3.95. The van der Waals surface area contributed by atoms with Gasteiger partial charge in [-0.1, -0.05) is 6.07 Å². The first-order chi connectivity index (χ1) is 7.09. The minimum atomic E-state index is -0.756. The fourth-order valence-electron chi connectivity index (χ4n) is 1.16. The molecular weight excluding hydrogens is 196 g/mol. The van der Waals surface area contributed by atoms with Crippen LogP contribution in [0, 0.1) is 0 Å². The quantitative estimate of drug-likeness (QED) is 0.693. The largest absolute Gasteiger partial charge is 0.389 e. The van der Waals surface area contributed by atoms with E-state index < -0.39 is 6.10 Å². The first-order valence-electron chi connectivity index (χ1n) is 4.67. The predicted molar refractivity (Wildman–Crippen MR) is 55.4 cm³/mol. The molecule has 1 rings (SSSR count). The molecule has 82 valence electrons. The molecule has 1 amide bonds. The summed E-state index contributed by atoms with van der Waals surface area (Å²) >= 11 is 0. The van der Waals surface area contributed by atoms with Gasteiger partial charge in [-0.25, -0.2) is 0 Å². The van der Waals surface area contributed by atoms with Crippen molar-refractivity contribution in [2.24, 2.45) is 0 Å². The van der Waals surface area contributed by atoms with Gasteiger partial charge >= 0.3 is 0 Å². The number of pyridine rings is 1. The summed E-state index contributed by atoms with van der Waals surface area (Å²) < 4.78 is 1.40. The molecule has 0 saturated carbocycles. The zero-order valence-electron chi connectivity index (χ0n) is 8.51. The normalized spacial score (nSPS) is 12.1. The van der Waals surface area contributed by atoms with E-state index in [0.717, 1.165) is 0 Å². The fraction of sp³-hybridized carbons (Fsp3) is 0.400. The lowest BCUT2D eigenvalue weighted by Crippen LogP contribution is -2.35. The maximum atomic E-state index is 11.3. The Labute approximate surface area is 87.4 Å². The lowest BCUT2D eigenvalue weighted by atomic mass is 10.3. The highest BCUT2D eigenvalue weighted by Gasteiger charge is 2.05. The highest BCUT2D eigenvalue weighted by molar-refractivity contribution is 5.72. The van der Waals surface area contributed by atoms with E-state index in [1.54, 1.807) is 18.3 Å². The number of nitrogens with one attached hydrogen (secondary N) is 1. The molecule has 0 fully saturated rings. The smallest absolute Gasteiger partial charge is 0.250 e. The van der Waals surface area contributed by atoms with Gasteiger partial charge in [-0.05, 0) is 6.07 Å². The van der Waals surface area contributed by atoms with E-state index in [4.69, 9.17) is 0 Å². The SMILES string of the molecule is CC(=O)NCC(O)Cn1ccccc1=O. The minimum absolute atomic E-state index is 0.149.